The minimum absolute atomic E-state index is 0.0626. The SMILES string of the molecule is Cn1cc(C(=O)Nc2ccn(Cc3cccc(C(F)(F)F)c3)n2)c(C(=O)O)n1. The summed E-state index contributed by atoms with van der Waals surface area (Å²) in [6.07, 6.45) is -1.69. The van der Waals surface area contributed by atoms with Crippen molar-refractivity contribution >= 4 is 17.7 Å². The van der Waals surface area contributed by atoms with E-state index in [-0.39, 0.29) is 17.9 Å². The number of aromatic nitrogens is 4. The van der Waals surface area contributed by atoms with E-state index < -0.39 is 29.3 Å². The fourth-order valence-electron chi connectivity index (χ4n) is 2.55. The minimum Gasteiger partial charge on any atom is -0.476 e. The van der Waals surface area contributed by atoms with Crippen LogP contribution in [0.1, 0.15) is 32.0 Å². The first-order valence-electron chi connectivity index (χ1n) is 7.91. The van der Waals surface area contributed by atoms with Crippen molar-refractivity contribution < 1.29 is 27.9 Å². The number of amides is 1. The maximum Gasteiger partial charge on any atom is 0.416 e. The molecular formula is C17H14F3N5O3. The van der Waals surface area contributed by atoms with E-state index in [9.17, 15) is 22.8 Å². The van der Waals surface area contributed by atoms with Crippen molar-refractivity contribution in [2.24, 2.45) is 7.05 Å². The molecule has 0 aliphatic rings. The summed E-state index contributed by atoms with van der Waals surface area (Å²) in [4.78, 5) is 23.4. The molecule has 0 unspecified atom stereocenters. The van der Waals surface area contributed by atoms with Crippen molar-refractivity contribution in [3.63, 3.8) is 0 Å². The summed E-state index contributed by atoms with van der Waals surface area (Å²) in [6.45, 7) is 0.0626. The number of hydrogen-bond donors (Lipinski definition) is 2. The number of hydrogen-bond acceptors (Lipinski definition) is 4. The Labute approximate surface area is 156 Å². The molecule has 0 saturated carbocycles. The summed E-state index contributed by atoms with van der Waals surface area (Å²) >= 11 is 0. The lowest BCUT2D eigenvalue weighted by Crippen LogP contribution is -2.16. The van der Waals surface area contributed by atoms with Crippen LogP contribution >= 0.6 is 0 Å². The van der Waals surface area contributed by atoms with Gasteiger partial charge in [-0.3, -0.25) is 14.2 Å². The molecule has 0 aliphatic carbocycles. The number of nitrogens with one attached hydrogen (secondary N) is 1. The molecule has 0 fully saturated rings. The van der Waals surface area contributed by atoms with Crippen molar-refractivity contribution in [3.05, 3.63) is 65.1 Å². The lowest BCUT2D eigenvalue weighted by molar-refractivity contribution is -0.137. The van der Waals surface area contributed by atoms with E-state index in [1.165, 1.54) is 47.0 Å². The molecule has 0 saturated heterocycles. The first-order chi connectivity index (χ1) is 13.1. The zero-order valence-corrected chi connectivity index (χ0v) is 14.4. The van der Waals surface area contributed by atoms with Crippen LogP contribution in [-0.4, -0.2) is 36.5 Å². The number of nitrogens with zero attached hydrogens (tertiary/aromatic N) is 4. The van der Waals surface area contributed by atoms with Gasteiger partial charge in [0.1, 0.15) is 0 Å². The molecule has 1 amide bonds. The van der Waals surface area contributed by atoms with Gasteiger partial charge in [-0.15, -0.1) is 0 Å². The van der Waals surface area contributed by atoms with Crippen molar-refractivity contribution in [1.29, 1.82) is 0 Å². The summed E-state index contributed by atoms with van der Waals surface area (Å²) in [5.41, 5.74) is -0.912. The Balaban J connectivity index is 1.73. The number of rotatable bonds is 5. The van der Waals surface area contributed by atoms with Crippen LogP contribution in [0, 0.1) is 0 Å². The van der Waals surface area contributed by atoms with Crippen LogP contribution in [0.2, 0.25) is 0 Å². The highest BCUT2D eigenvalue weighted by atomic mass is 19.4. The van der Waals surface area contributed by atoms with Crippen molar-refractivity contribution in [2.75, 3.05) is 5.32 Å². The van der Waals surface area contributed by atoms with Gasteiger partial charge in [0.2, 0.25) is 0 Å². The highest BCUT2D eigenvalue weighted by Crippen LogP contribution is 2.29. The van der Waals surface area contributed by atoms with E-state index >= 15 is 0 Å². The number of carbonyl (C=O) groups excluding carboxylic acids is 1. The lowest BCUT2D eigenvalue weighted by Gasteiger charge is -2.08. The third-order valence-electron chi connectivity index (χ3n) is 3.76. The third kappa shape index (κ3) is 4.19. The Morgan fingerprint density at radius 1 is 1.21 bits per heavy atom. The van der Waals surface area contributed by atoms with E-state index in [0.717, 1.165) is 12.1 Å². The van der Waals surface area contributed by atoms with Crippen molar-refractivity contribution in [2.45, 2.75) is 12.7 Å². The summed E-state index contributed by atoms with van der Waals surface area (Å²) in [5.74, 6) is -1.94. The molecular weight excluding hydrogens is 379 g/mol. The predicted molar refractivity (Wildman–Crippen MR) is 90.9 cm³/mol. The first-order valence-corrected chi connectivity index (χ1v) is 7.91. The second-order valence-corrected chi connectivity index (χ2v) is 5.92. The number of aryl methyl sites for hydroxylation is 1. The number of anilines is 1. The molecule has 2 aromatic heterocycles. The second kappa shape index (κ2) is 7.18. The molecule has 2 N–H and O–H groups in total. The van der Waals surface area contributed by atoms with Crippen LogP contribution < -0.4 is 5.32 Å². The molecule has 28 heavy (non-hydrogen) atoms. The molecule has 2 heterocycles. The predicted octanol–water partition coefficient (Wildman–Crippen LogP) is 2.63. The van der Waals surface area contributed by atoms with Crippen molar-refractivity contribution in [1.82, 2.24) is 19.6 Å². The van der Waals surface area contributed by atoms with Gasteiger partial charge in [-0.05, 0) is 17.7 Å². The zero-order chi connectivity index (χ0) is 20.5. The summed E-state index contributed by atoms with van der Waals surface area (Å²) < 4.78 is 40.9. The molecule has 0 spiro atoms. The quantitative estimate of drug-likeness (QED) is 0.694. The summed E-state index contributed by atoms with van der Waals surface area (Å²) in [7, 11) is 1.48. The van der Waals surface area contributed by atoms with E-state index in [1.54, 1.807) is 0 Å². The van der Waals surface area contributed by atoms with Crippen molar-refractivity contribution in [3.8, 4) is 0 Å². The van der Waals surface area contributed by atoms with Gasteiger partial charge < -0.3 is 10.4 Å². The van der Waals surface area contributed by atoms with Crippen LogP contribution in [0.15, 0.2) is 42.7 Å². The molecule has 0 bridgehead atoms. The number of halogens is 3. The van der Waals surface area contributed by atoms with Gasteiger partial charge in [0.15, 0.2) is 11.5 Å². The first kappa shape index (κ1) is 19.1. The Morgan fingerprint density at radius 3 is 2.64 bits per heavy atom. The number of benzene rings is 1. The summed E-state index contributed by atoms with van der Waals surface area (Å²) in [5, 5.41) is 19.3. The van der Waals surface area contributed by atoms with E-state index in [4.69, 9.17) is 5.11 Å². The Hall–Kier alpha value is -3.63. The average Bonchev–Trinajstić information content (AvgIpc) is 3.21. The maximum atomic E-state index is 12.8. The fourth-order valence-corrected chi connectivity index (χ4v) is 2.55. The lowest BCUT2D eigenvalue weighted by atomic mass is 10.1. The number of carboxylic acids is 1. The smallest absolute Gasteiger partial charge is 0.416 e. The number of carbonyl (C=O) groups is 2. The van der Waals surface area contributed by atoms with Gasteiger partial charge in [-0.2, -0.15) is 23.4 Å². The van der Waals surface area contributed by atoms with Gasteiger partial charge in [0.25, 0.3) is 5.91 Å². The molecule has 146 valence electrons. The van der Waals surface area contributed by atoms with E-state index in [1.807, 2.05) is 0 Å². The molecule has 3 rings (SSSR count). The van der Waals surface area contributed by atoms with E-state index in [2.05, 4.69) is 15.5 Å². The van der Waals surface area contributed by atoms with Crippen LogP contribution in [0.25, 0.3) is 0 Å². The molecule has 3 aromatic rings. The highest BCUT2D eigenvalue weighted by molar-refractivity contribution is 6.09. The Morgan fingerprint density at radius 2 is 1.96 bits per heavy atom. The van der Waals surface area contributed by atoms with Crippen LogP contribution in [0.5, 0.6) is 0 Å². The van der Waals surface area contributed by atoms with Gasteiger partial charge in [-0.1, -0.05) is 12.1 Å². The summed E-state index contributed by atoms with van der Waals surface area (Å²) in [6, 6.07) is 6.29. The van der Waals surface area contributed by atoms with Gasteiger partial charge >= 0.3 is 12.1 Å². The highest BCUT2D eigenvalue weighted by Gasteiger charge is 2.30. The topological polar surface area (TPSA) is 102 Å². The van der Waals surface area contributed by atoms with Crippen LogP contribution in [0.4, 0.5) is 19.0 Å². The van der Waals surface area contributed by atoms with Crippen LogP contribution in [0.3, 0.4) is 0 Å². The molecule has 1 aromatic carbocycles. The largest absolute Gasteiger partial charge is 0.476 e. The monoisotopic (exact) mass is 393 g/mol. The normalized spacial score (nSPS) is 11.4. The zero-order valence-electron chi connectivity index (χ0n) is 14.4. The Kier molecular flexibility index (Phi) is 4.91. The van der Waals surface area contributed by atoms with E-state index in [0.29, 0.717) is 5.56 Å². The van der Waals surface area contributed by atoms with Gasteiger partial charge in [0.05, 0.1) is 17.7 Å². The fraction of sp³-hybridized carbons (Fsp3) is 0.176. The third-order valence-corrected chi connectivity index (χ3v) is 3.76. The minimum atomic E-state index is -4.44. The average molecular weight is 393 g/mol. The van der Waals surface area contributed by atoms with Crippen LogP contribution in [-0.2, 0) is 19.8 Å². The molecule has 0 atom stereocenters. The maximum absolute atomic E-state index is 12.8. The molecule has 0 aliphatic heterocycles. The Bertz CT molecular complexity index is 1040. The molecule has 8 nitrogen and oxygen atoms in total. The standard InChI is InChI=1S/C17H14F3N5O3/c1-24-9-12(14(23-24)16(27)28)15(26)21-13-5-6-25(22-13)8-10-3-2-4-11(7-10)17(18,19)20/h2-7,9H,8H2,1H3,(H,27,28)(H,21,22,26). The second-order valence-electron chi connectivity index (χ2n) is 5.92. The van der Waals surface area contributed by atoms with Gasteiger partial charge in [0, 0.05) is 25.5 Å². The molecule has 11 heteroatoms. The number of alkyl halides is 3. The molecule has 0 radical (unpaired) electrons. The number of aromatic carboxylic acids is 1. The number of carboxylic acid groups (broad SMARTS) is 1. The van der Waals surface area contributed by atoms with Gasteiger partial charge in [-0.25, -0.2) is 4.79 Å².